The van der Waals surface area contributed by atoms with Gasteiger partial charge in [-0.25, -0.2) is 8.42 Å². The zero-order valence-corrected chi connectivity index (χ0v) is 18.7. The van der Waals surface area contributed by atoms with Crippen LogP contribution >= 0.6 is 11.3 Å². The van der Waals surface area contributed by atoms with Gasteiger partial charge in [0.2, 0.25) is 9.47 Å². The van der Waals surface area contributed by atoms with Crippen molar-refractivity contribution >= 4 is 32.4 Å². The second-order valence-corrected chi connectivity index (χ2v) is 9.88. The van der Waals surface area contributed by atoms with Crippen molar-refractivity contribution in [1.82, 2.24) is 14.9 Å². The molecule has 0 fully saturated rings. The average Bonchev–Trinajstić information content (AvgIpc) is 3.29. The van der Waals surface area contributed by atoms with Gasteiger partial charge in [0.25, 0.3) is 15.9 Å². The number of benzene rings is 3. The molecule has 7 nitrogen and oxygen atoms in total. The number of hydrogen-bond acceptors (Lipinski definition) is 6. The number of anilines is 1. The highest BCUT2D eigenvalue weighted by molar-refractivity contribution is 7.91. The molecule has 32 heavy (non-hydrogen) atoms. The molecule has 0 aliphatic carbocycles. The van der Waals surface area contributed by atoms with E-state index in [4.69, 9.17) is 0 Å². The minimum absolute atomic E-state index is 0.103. The Hall–Kier alpha value is -3.40. The monoisotopic (exact) mass is 464 g/mol. The first-order chi connectivity index (χ1) is 15.4. The number of rotatable bonds is 7. The third-order valence-corrected chi connectivity index (χ3v) is 7.43. The molecule has 0 unspecified atom stereocenters. The standard InChI is InChI=1S/C23H20N4O3S2/c1-16-10-8-9-15-19(16)20(17-11-4-2-5-12-17)27-32(29,30)23-26-25-22(31-23)24-21(28)18-13-6-3-7-14-18/h2-15,20,27H,1H3,(H,24,25,28)/t20-/m0/s1. The highest BCUT2D eigenvalue weighted by Gasteiger charge is 2.27. The first kappa shape index (κ1) is 21.8. The lowest BCUT2D eigenvalue weighted by Gasteiger charge is -2.20. The van der Waals surface area contributed by atoms with Crippen molar-refractivity contribution in [3.05, 3.63) is 107 Å². The number of amides is 1. The molecule has 1 amide bonds. The van der Waals surface area contributed by atoms with Gasteiger partial charge in [-0.15, -0.1) is 10.2 Å². The molecule has 0 aliphatic heterocycles. The number of hydrogen-bond donors (Lipinski definition) is 2. The first-order valence-corrected chi connectivity index (χ1v) is 12.1. The lowest BCUT2D eigenvalue weighted by molar-refractivity contribution is 0.102. The van der Waals surface area contributed by atoms with Crippen LogP contribution in [0.4, 0.5) is 5.13 Å². The predicted molar refractivity (Wildman–Crippen MR) is 124 cm³/mol. The highest BCUT2D eigenvalue weighted by atomic mass is 32.2. The van der Waals surface area contributed by atoms with Gasteiger partial charge in [0.15, 0.2) is 0 Å². The molecule has 0 saturated heterocycles. The van der Waals surface area contributed by atoms with Crippen LogP contribution < -0.4 is 10.0 Å². The fourth-order valence-electron chi connectivity index (χ4n) is 3.20. The maximum absolute atomic E-state index is 13.2. The van der Waals surface area contributed by atoms with Gasteiger partial charge in [-0.05, 0) is 35.7 Å². The van der Waals surface area contributed by atoms with Crippen molar-refractivity contribution in [1.29, 1.82) is 0 Å². The molecule has 2 N–H and O–H groups in total. The first-order valence-electron chi connectivity index (χ1n) is 9.77. The van der Waals surface area contributed by atoms with Gasteiger partial charge in [0, 0.05) is 5.56 Å². The summed E-state index contributed by atoms with van der Waals surface area (Å²) in [5.41, 5.74) is 3.03. The Morgan fingerprint density at radius 2 is 1.50 bits per heavy atom. The van der Waals surface area contributed by atoms with Crippen LogP contribution in [-0.4, -0.2) is 24.5 Å². The van der Waals surface area contributed by atoms with Gasteiger partial charge in [-0.2, -0.15) is 4.72 Å². The number of carbonyl (C=O) groups excluding carboxylic acids is 1. The number of nitrogens with zero attached hydrogens (tertiary/aromatic N) is 2. The second kappa shape index (κ2) is 9.39. The van der Waals surface area contributed by atoms with E-state index < -0.39 is 16.1 Å². The Bertz CT molecular complexity index is 1320. The summed E-state index contributed by atoms with van der Waals surface area (Å²) in [5.74, 6) is -0.388. The molecule has 0 radical (unpaired) electrons. The number of aromatic nitrogens is 2. The Balaban J connectivity index is 1.60. The van der Waals surface area contributed by atoms with E-state index >= 15 is 0 Å². The average molecular weight is 465 g/mol. The maximum Gasteiger partial charge on any atom is 0.270 e. The Labute approximate surface area is 190 Å². The topological polar surface area (TPSA) is 101 Å². The molecular formula is C23H20N4O3S2. The van der Waals surface area contributed by atoms with Crippen LogP contribution in [0, 0.1) is 6.92 Å². The van der Waals surface area contributed by atoms with Gasteiger partial charge in [-0.1, -0.05) is 84.1 Å². The molecule has 0 aliphatic rings. The minimum atomic E-state index is -4.01. The number of carbonyl (C=O) groups is 1. The van der Waals surface area contributed by atoms with Gasteiger partial charge >= 0.3 is 0 Å². The minimum Gasteiger partial charge on any atom is -0.296 e. The molecule has 0 saturated carbocycles. The van der Waals surface area contributed by atoms with E-state index in [0.717, 1.165) is 28.0 Å². The molecular weight excluding hydrogens is 444 g/mol. The lowest BCUT2D eigenvalue weighted by Crippen LogP contribution is -2.30. The number of aryl methyl sites for hydroxylation is 1. The molecule has 4 aromatic rings. The molecule has 1 atom stereocenters. The van der Waals surface area contributed by atoms with Crippen molar-refractivity contribution in [3.8, 4) is 0 Å². The maximum atomic E-state index is 13.2. The summed E-state index contributed by atoms with van der Waals surface area (Å²) in [5, 5.41) is 10.3. The summed E-state index contributed by atoms with van der Waals surface area (Å²) in [6, 6.07) is 24.9. The van der Waals surface area contributed by atoms with Gasteiger partial charge < -0.3 is 0 Å². The molecule has 0 spiro atoms. The Kier molecular flexibility index (Phi) is 6.40. The van der Waals surface area contributed by atoms with Crippen LogP contribution in [0.5, 0.6) is 0 Å². The van der Waals surface area contributed by atoms with E-state index in [0.29, 0.717) is 5.56 Å². The van der Waals surface area contributed by atoms with Crippen LogP contribution in [-0.2, 0) is 10.0 Å². The Morgan fingerprint density at radius 3 is 2.19 bits per heavy atom. The summed E-state index contributed by atoms with van der Waals surface area (Å²) < 4.78 is 28.8. The van der Waals surface area contributed by atoms with Crippen LogP contribution in [0.15, 0.2) is 89.3 Å². The molecule has 1 heterocycles. The van der Waals surface area contributed by atoms with Gasteiger partial charge in [0.1, 0.15) is 0 Å². The van der Waals surface area contributed by atoms with Crippen LogP contribution in [0.3, 0.4) is 0 Å². The SMILES string of the molecule is Cc1ccccc1[C@@H](NS(=O)(=O)c1nnc(NC(=O)c2ccccc2)s1)c1ccccc1. The van der Waals surface area contributed by atoms with Gasteiger partial charge in [-0.3, -0.25) is 10.1 Å². The predicted octanol–water partition coefficient (Wildman–Crippen LogP) is 4.17. The fraction of sp³-hybridized carbons (Fsp3) is 0.0870. The van der Waals surface area contributed by atoms with E-state index in [9.17, 15) is 13.2 Å². The van der Waals surface area contributed by atoms with Crippen molar-refractivity contribution in [3.63, 3.8) is 0 Å². The van der Waals surface area contributed by atoms with Crippen LogP contribution in [0.1, 0.15) is 33.1 Å². The Morgan fingerprint density at radius 1 is 0.875 bits per heavy atom. The van der Waals surface area contributed by atoms with Crippen molar-refractivity contribution in [2.24, 2.45) is 0 Å². The summed E-state index contributed by atoms with van der Waals surface area (Å²) in [6.45, 7) is 1.93. The molecule has 1 aromatic heterocycles. The van der Waals surface area contributed by atoms with Crippen LogP contribution in [0.25, 0.3) is 0 Å². The third-order valence-electron chi connectivity index (χ3n) is 4.80. The lowest BCUT2D eigenvalue weighted by atomic mass is 9.96. The van der Waals surface area contributed by atoms with Crippen molar-refractivity contribution in [2.75, 3.05) is 5.32 Å². The molecule has 0 bridgehead atoms. The summed E-state index contributed by atoms with van der Waals surface area (Å²) in [7, 11) is -4.01. The van der Waals surface area contributed by atoms with Crippen molar-refractivity contribution < 1.29 is 13.2 Å². The summed E-state index contributed by atoms with van der Waals surface area (Å²) >= 11 is 0.795. The van der Waals surface area contributed by atoms with Gasteiger partial charge in [0.05, 0.1) is 6.04 Å². The van der Waals surface area contributed by atoms with E-state index in [-0.39, 0.29) is 15.4 Å². The largest absolute Gasteiger partial charge is 0.296 e. The molecule has 3 aromatic carbocycles. The molecule has 4 rings (SSSR count). The second-order valence-electron chi connectivity index (χ2n) is 7.01. The molecule has 162 valence electrons. The third kappa shape index (κ3) is 4.91. The van der Waals surface area contributed by atoms with E-state index in [2.05, 4.69) is 20.2 Å². The van der Waals surface area contributed by atoms with Crippen LogP contribution in [0.2, 0.25) is 0 Å². The smallest absolute Gasteiger partial charge is 0.270 e. The quantitative estimate of drug-likeness (QED) is 0.400. The van der Waals surface area contributed by atoms with E-state index in [1.807, 2.05) is 61.5 Å². The molecule has 9 heteroatoms. The van der Waals surface area contributed by atoms with Crippen molar-refractivity contribution in [2.45, 2.75) is 17.3 Å². The fourth-order valence-corrected chi connectivity index (χ4v) is 5.32. The normalized spacial score (nSPS) is 12.3. The summed E-state index contributed by atoms with van der Waals surface area (Å²) in [6.07, 6.45) is 0. The zero-order chi connectivity index (χ0) is 22.6. The zero-order valence-electron chi connectivity index (χ0n) is 17.1. The van der Waals surface area contributed by atoms with E-state index in [1.165, 1.54) is 0 Å². The summed E-state index contributed by atoms with van der Waals surface area (Å²) in [4.78, 5) is 12.3. The number of nitrogens with one attached hydrogen (secondary N) is 2. The highest BCUT2D eigenvalue weighted by Crippen LogP contribution is 2.28. The van der Waals surface area contributed by atoms with E-state index in [1.54, 1.807) is 30.3 Å². The number of sulfonamides is 1.